The molecule has 15 heavy (non-hydrogen) atoms. The van der Waals surface area contributed by atoms with Crippen molar-refractivity contribution in [2.24, 2.45) is 0 Å². The second-order valence-corrected chi connectivity index (χ2v) is 4.17. The molecular formula is C11H18O4. The predicted molar refractivity (Wildman–Crippen MR) is 54.9 cm³/mol. The van der Waals surface area contributed by atoms with Crippen LogP contribution in [0.15, 0.2) is 12.2 Å². The maximum atomic E-state index is 11.4. The van der Waals surface area contributed by atoms with Crippen LogP contribution in [0.5, 0.6) is 0 Å². The molecule has 4 heteroatoms. The number of esters is 1. The molecule has 1 aliphatic rings. The third kappa shape index (κ3) is 2.79. The van der Waals surface area contributed by atoms with Gasteiger partial charge in [-0.25, -0.2) is 4.79 Å². The van der Waals surface area contributed by atoms with Crippen LogP contribution < -0.4 is 0 Å². The fraction of sp³-hybridized carbons (Fsp3) is 0.727. The lowest BCUT2D eigenvalue weighted by Gasteiger charge is -2.37. The largest absolute Gasteiger partial charge is 0.450 e. The van der Waals surface area contributed by atoms with Crippen molar-refractivity contribution in [2.45, 2.75) is 50.9 Å². The van der Waals surface area contributed by atoms with Crippen LogP contribution in [-0.2, 0) is 9.53 Å². The maximum absolute atomic E-state index is 11.4. The first-order chi connectivity index (χ1) is 6.98. The number of aliphatic hydroxyl groups excluding tert-OH is 1. The quantitative estimate of drug-likeness (QED) is 0.419. The average molecular weight is 214 g/mol. The minimum absolute atomic E-state index is 0.278. The Morgan fingerprint density at radius 2 is 1.87 bits per heavy atom. The van der Waals surface area contributed by atoms with Crippen molar-refractivity contribution in [3.05, 3.63) is 12.2 Å². The first-order valence-electron chi connectivity index (χ1n) is 5.23. The Kier molecular flexibility index (Phi) is 3.88. The van der Waals surface area contributed by atoms with E-state index in [0.29, 0.717) is 12.8 Å². The normalized spacial score (nSPS) is 20.0. The van der Waals surface area contributed by atoms with E-state index in [-0.39, 0.29) is 5.57 Å². The van der Waals surface area contributed by atoms with Gasteiger partial charge in [0, 0.05) is 5.57 Å². The van der Waals surface area contributed by atoms with Crippen molar-refractivity contribution < 1.29 is 19.7 Å². The molecular weight excluding hydrogens is 196 g/mol. The Morgan fingerprint density at radius 1 is 1.33 bits per heavy atom. The van der Waals surface area contributed by atoms with E-state index < -0.39 is 17.9 Å². The Morgan fingerprint density at radius 3 is 2.27 bits per heavy atom. The standard InChI is InChI=1S/C11H18O4/c1-8(2)9(12)15-11(10(13)14)6-4-3-5-7-11/h10,13-14H,1,3-7H2,2H3. The molecule has 1 rings (SSSR count). The molecule has 1 saturated carbocycles. The fourth-order valence-corrected chi connectivity index (χ4v) is 1.83. The van der Waals surface area contributed by atoms with Crippen LogP contribution in [0.25, 0.3) is 0 Å². The lowest BCUT2D eigenvalue weighted by Crippen LogP contribution is -2.48. The van der Waals surface area contributed by atoms with Crippen molar-refractivity contribution in [3.8, 4) is 0 Å². The first kappa shape index (κ1) is 12.2. The van der Waals surface area contributed by atoms with Gasteiger partial charge in [0.05, 0.1) is 0 Å². The second-order valence-electron chi connectivity index (χ2n) is 4.17. The van der Waals surface area contributed by atoms with E-state index in [4.69, 9.17) is 4.74 Å². The monoisotopic (exact) mass is 214 g/mol. The van der Waals surface area contributed by atoms with E-state index in [1.165, 1.54) is 0 Å². The fourth-order valence-electron chi connectivity index (χ4n) is 1.83. The molecule has 0 atom stereocenters. The Balaban J connectivity index is 2.73. The predicted octanol–water partition coefficient (Wildman–Crippen LogP) is 1.12. The first-order valence-corrected chi connectivity index (χ1v) is 5.23. The molecule has 0 radical (unpaired) electrons. The third-order valence-electron chi connectivity index (χ3n) is 2.81. The Labute approximate surface area is 89.6 Å². The molecule has 0 bridgehead atoms. The molecule has 86 valence electrons. The highest BCUT2D eigenvalue weighted by atomic mass is 16.6. The number of aliphatic hydroxyl groups is 2. The van der Waals surface area contributed by atoms with Gasteiger partial charge < -0.3 is 14.9 Å². The molecule has 0 aromatic heterocycles. The van der Waals surface area contributed by atoms with Crippen LogP contribution in [0.4, 0.5) is 0 Å². The summed E-state index contributed by atoms with van der Waals surface area (Å²) >= 11 is 0. The van der Waals surface area contributed by atoms with Gasteiger partial charge in [-0.05, 0) is 32.6 Å². The number of carbonyl (C=O) groups excluding carboxylic acids is 1. The molecule has 2 N–H and O–H groups in total. The highest BCUT2D eigenvalue weighted by Gasteiger charge is 2.42. The minimum atomic E-state index is -1.61. The van der Waals surface area contributed by atoms with Gasteiger partial charge in [0.2, 0.25) is 0 Å². The highest BCUT2D eigenvalue weighted by molar-refractivity contribution is 5.87. The topological polar surface area (TPSA) is 66.8 Å². The van der Waals surface area contributed by atoms with Gasteiger partial charge in [-0.2, -0.15) is 0 Å². The van der Waals surface area contributed by atoms with Crippen molar-refractivity contribution in [1.82, 2.24) is 0 Å². The van der Waals surface area contributed by atoms with Gasteiger partial charge in [0.1, 0.15) is 0 Å². The van der Waals surface area contributed by atoms with Crippen molar-refractivity contribution in [2.75, 3.05) is 0 Å². The summed E-state index contributed by atoms with van der Waals surface area (Å²) in [5, 5.41) is 18.6. The van der Waals surface area contributed by atoms with Crippen LogP contribution >= 0.6 is 0 Å². The van der Waals surface area contributed by atoms with Gasteiger partial charge >= 0.3 is 5.97 Å². The van der Waals surface area contributed by atoms with Gasteiger partial charge in [-0.1, -0.05) is 13.0 Å². The van der Waals surface area contributed by atoms with Crippen LogP contribution in [0.2, 0.25) is 0 Å². The summed E-state index contributed by atoms with van der Waals surface area (Å²) in [6.45, 7) is 5.02. The second kappa shape index (κ2) is 4.77. The Hall–Kier alpha value is -0.870. The molecule has 0 spiro atoms. The van der Waals surface area contributed by atoms with E-state index in [9.17, 15) is 15.0 Å². The summed E-state index contributed by atoms with van der Waals surface area (Å²) in [5.74, 6) is -0.551. The number of hydrogen-bond acceptors (Lipinski definition) is 4. The number of ether oxygens (including phenoxy) is 1. The molecule has 0 amide bonds. The maximum Gasteiger partial charge on any atom is 0.333 e. The molecule has 0 aliphatic heterocycles. The van der Waals surface area contributed by atoms with Crippen LogP contribution in [0.1, 0.15) is 39.0 Å². The summed E-state index contributed by atoms with van der Waals surface area (Å²) in [5.41, 5.74) is -0.838. The van der Waals surface area contributed by atoms with Gasteiger partial charge in [0.25, 0.3) is 0 Å². The molecule has 1 fully saturated rings. The summed E-state index contributed by atoms with van der Waals surface area (Å²) in [7, 11) is 0. The molecule has 4 nitrogen and oxygen atoms in total. The van der Waals surface area contributed by atoms with E-state index in [1.54, 1.807) is 6.92 Å². The molecule has 0 heterocycles. The van der Waals surface area contributed by atoms with Crippen LogP contribution in [0, 0.1) is 0 Å². The van der Waals surface area contributed by atoms with Crippen LogP contribution in [-0.4, -0.2) is 28.1 Å². The zero-order valence-corrected chi connectivity index (χ0v) is 9.03. The number of carbonyl (C=O) groups is 1. The third-order valence-corrected chi connectivity index (χ3v) is 2.81. The van der Waals surface area contributed by atoms with E-state index >= 15 is 0 Å². The zero-order valence-electron chi connectivity index (χ0n) is 9.03. The summed E-state index contributed by atoms with van der Waals surface area (Å²) in [6, 6.07) is 0. The molecule has 0 aromatic carbocycles. The molecule has 1 aliphatic carbocycles. The smallest absolute Gasteiger partial charge is 0.333 e. The zero-order chi connectivity index (χ0) is 11.5. The van der Waals surface area contributed by atoms with Gasteiger partial charge in [0.15, 0.2) is 11.9 Å². The number of hydrogen-bond donors (Lipinski definition) is 2. The van der Waals surface area contributed by atoms with Gasteiger partial charge in [-0.3, -0.25) is 0 Å². The molecule has 0 aromatic rings. The number of rotatable bonds is 3. The van der Waals surface area contributed by atoms with Gasteiger partial charge in [-0.15, -0.1) is 0 Å². The molecule has 0 unspecified atom stereocenters. The van der Waals surface area contributed by atoms with E-state index in [2.05, 4.69) is 6.58 Å². The lowest BCUT2D eigenvalue weighted by atomic mass is 9.84. The SMILES string of the molecule is C=C(C)C(=O)OC1(C(O)O)CCCCC1. The highest BCUT2D eigenvalue weighted by Crippen LogP contribution is 2.34. The van der Waals surface area contributed by atoms with E-state index in [0.717, 1.165) is 19.3 Å². The van der Waals surface area contributed by atoms with Crippen LogP contribution in [0.3, 0.4) is 0 Å². The summed E-state index contributed by atoms with van der Waals surface area (Å²) < 4.78 is 5.16. The molecule has 0 saturated heterocycles. The van der Waals surface area contributed by atoms with Crippen molar-refractivity contribution in [1.29, 1.82) is 0 Å². The van der Waals surface area contributed by atoms with Crippen molar-refractivity contribution in [3.63, 3.8) is 0 Å². The Bertz CT molecular complexity index is 251. The summed E-state index contributed by atoms with van der Waals surface area (Å²) in [4.78, 5) is 11.4. The summed E-state index contributed by atoms with van der Waals surface area (Å²) in [6.07, 6.45) is 2.13. The average Bonchev–Trinajstić information content (AvgIpc) is 2.18. The minimum Gasteiger partial charge on any atom is -0.450 e. The van der Waals surface area contributed by atoms with E-state index in [1.807, 2.05) is 0 Å². The van der Waals surface area contributed by atoms with Crippen molar-refractivity contribution >= 4 is 5.97 Å². The lowest BCUT2D eigenvalue weighted by molar-refractivity contribution is -0.219.